The van der Waals surface area contributed by atoms with Gasteiger partial charge < -0.3 is 15.4 Å². The predicted molar refractivity (Wildman–Crippen MR) is 95.3 cm³/mol. The van der Waals surface area contributed by atoms with E-state index in [1.54, 1.807) is 31.2 Å². The van der Waals surface area contributed by atoms with Gasteiger partial charge in [0.25, 0.3) is 0 Å². The summed E-state index contributed by atoms with van der Waals surface area (Å²) < 4.78 is 18.0. The molecule has 2 rings (SSSR count). The number of hydrogen-bond donors (Lipinski definition) is 3. The Morgan fingerprint density at radius 1 is 1.08 bits per heavy atom. The highest BCUT2D eigenvalue weighted by molar-refractivity contribution is 5.94. The average molecular weight is 345 g/mol. The Balaban J connectivity index is 1.96. The van der Waals surface area contributed by atoms with Crippen LogP contribution in [0.15, 0.2) is 42.5 Å². The summed E-state index contributed by atoms with van der Waals surface area (Å²) in [5.74, 6) is -0.729. The van der Waals surface area contributed by atoms with Crippen molar-refractivity contribution >= 4 is 29.1 Å². The Labute approximate surface area is 145 Å². The zero-order chi connectivity index (χ0) is 18.2. The molecule has 3 N–H and O–H groups in total. The normalized spacial score (nSPS) is 10.0. The number of carbonyl (C=O) groups excluding carboxylic acids is 2. The second-order valence-electron chi connectivity index (χ2n) is 5.24. The maximum absolute atomic E-state index is 13.1. The summed E-state index contributed by atoms with van der Waals surface area (Å²) >= 11 is 0. The van der Waals surface area contributed by atoms with Crippen molar-refractivity contribution in [3.05, 3.63) is 53.8 Å². The van der Waals surface area contributed by atoms with Gasteiger partial charge in [0.1, 0.15) is 5.82 Å². The van der Waals surface area contributed by atoms with E-state index in [0.29, 0.717) is 17.1 Å². The lowest BCUT2D eigenvalue weighted by atomic mass is 10.1. The van der Waals surface area contributed by atoms with E-state index in [2.05, 4.69) is 16.0 Å². The minimum atomic E-state index is -0.536. The van der Waals surface area contributed by atoms with Gasteiger partial charge in [-0.25, -0.2) is 9.18 Å². The van der Waals surface area contributed by atoms with Crippen LogP contribution in [0, 0.1) is 12.7 Å². The van der Waals surface area contributed by atoms with Crippen LogP contribution in [0.4, 0.5) is 26.2 Å². The molecule has 0 aliphatic rings. The number of carbonyl (C=O) groups is 2. The average Bonchev–Trinajstić information content (AvgIpc) is 2.56. The molecule has 6 nitrogen and oxygen atoms in total. The second kappa shape index (κ2) is 8.68. The van der Waals surface area contributed by atoms with E-state index in [9.17, 15) is 14.0 Å². The summed E-state index contributed by atoms with van der Waals surface area (Å²) in [7, 11) is 0. The molecule has 7 heteroatoms. The van der Waals surface area contributed by atoms with E-state index in [0.717, 1.165) is 5.56 Å². The SMILES string of the molecule is CCOC(=O)Nc1cccc(NCC(=O)Nc2cccc(F)c2)c1C. The molecule has 0 unspecified atom stereocenters. The highest BCUT2D eigenvalue weighted by Gasteiger charge is 2.09. The van der Waals surface area contributed by atoms with Crippen molar-refractivity contribution < 1.29 is 18.7 Å². The molecule has 0 aromatic heterocycles. The van der Waals surface area contributed by atoms with Gasteiger partial charge in [-0.15, -0.1) is 0 Å². The molecule has 25 heavy (non-hydrogen) atoms. The van der Waals surface area contributed by atoms with Crippen molar-refractivity contribution in [2.75, 3.05) is 29.1 Å². The van der Waals surface area contributed by atoms with Gasteiger partial charge in [-0.3, -0.25) is 10.1 Å². The van der Waals surface area contributed by atoms with E-state index >= 15 is 0 Å². The molecular formula is C18H20FN3O3. The van der Waals surface area contributed by atoms with Crippen LogP contribution in [0.1, 0.15) is 12.5 Å². The first-order chi connectivity index (χ1) is 12.0. The van der Waals surface area contributed by atoms with Crippen LogP contribution in [-0.4, -0.2) is 25.2 Å². The van der Waals surface area contributed by atoms with Crippen molar-refractivity contribution in [3.63, 3.8) is 0 Å². The van der Waals surface area contributed by atoms with Crippen LogP contribution < -0.4 is 16.0 Å². The van der Waals surface area contributed by atoms with Crippen molar-refractivity contribution in [2.45, 2.75) is 13.8 Å². The minimum Gasteiger partial charge on any atom is -0.450 e. The predicted octanol–water partition coefficient (Wildman–Crippen LogP) is 3.75. The van der Waals surface area contributed by atoms with Crippen LogP contribution in [-0.2, 0) is 9.53 Å². The molecule has 2 aromatic carbocycles. The van der Waals surface area contributed by atoms with Crippen LogP contribution >= 0.6 is 0 Å². The fourth-order valence-corrected chi connectivity index (χ4v) is 2.19. The third-order valence-electron chi connectivity index (χ3n) is 3.39. The maximum Gasteiger partial charge on any atom is 0.411 e. The standard InChI is InChI=1S/C18H20FN3O3/c1-3-25-18(24)22-16-9-5-8-15(12(16)2)20-11-17(23)21-14-7-4-6-13(19)10-14/h4-10,20H,3,11H2,1-2H3,(H,21,23)(H,22,24). The Morgan fingerprint density at radius 3 is 2.52 bits per heavy atom. The minimum absolute atomic E-state index is 0.000211. The summed E-state index contributed by atoms with van der Waals surface area (Å²) in [4.78, 5) is 23.5. The van der Waals surface area contributed by atoms with E-state index in [1.165, 1.54) is 18.2 Å². The molecule has 0 aliphatic heterocycles. The molecule has 0 bridgehead atoms. The number of ether oxygens (including phenoxy) is 1. The molecule has 0 spiro atoms. The number of benzene rings is 2. The Kier molecular flexibility index (Phi) is 6.33. The number of halogens is 1. The van der Waals surface area contributed by atoms with Gasteiger partial charge in [-0.1, -0.05) is 12.1 Å². The van der Waals surface area contributed by atoms with Gasteiger partial charge >= 0.3 is 6.09 Å². The molecule has 0 saturated heterocycles. The van der Waals surface area contributed by atoms with Crippen LogP contribution in [0.2, 0.25) is 0 Å². The highest BCUT2D eigenvalue weighted by atomic mass is 19.1. The van der Waals surface area contributed by atoms with E-state index in [1.807, 2.05) is 6.92 Å². The Bertz CT molecular complexity index is 765. The van der Waals surface area contributed by atoms with Crippen molar-refractivity contribution in [1.29, 1.82) is 0 Å². The monoisotopic (exact) mass is 345 g/mol. The molecule has 132 valence electrons. The van der Waals surface area contributed by atoms with Gasteiger partial charge in [-0.2, -0.15) is 0 Å². The van der Waals surface area contributed by atoms with Gasteiger partial charge in [-0.05, 0) is 49.7 Å². The first-order valence-electron chi connectivity index (χ1n) is 7.82. The van der Waals surface area contributed by atoms with Crippen LogP contribution in [0.5, 0.6) is 0 Å². The smallest absolute Gasteiger partial charge is 0.411 e. The topological polar surface area (TPSA) is 79.5 Å². The lowest BCUT2D eigenvalue weighted by Crippen LogP contribution is -2.22. The second-order valence-corrected chi connectivity index (χ2v) is 5.24. The molecule has 0 atom stereocenters. The molecular weight excluding hydrogens is 325 g/mol. The molecule has 2 aromatic rings. The summed E-state index contributed by atoms with van der Waals surface area (Å²) in [6, 6.07) is 11.0. The first-order valence-corrected chi connectivity index (χ1v) is 7.82. The summed E-state index contributed by atoms with van der Waals surface area (Å²) in [6.07, 6.45) is -0.536. The van der Waals surface area contributed by atoms with Crippen molar-refractivity contribution in [3.8, 4) is 0 Å². The number of rotatable bonds is 6. The molecule has 0 saturated carbocycles. The molecule has 2 amide bonds. The van der Waals surface area contributed by atoms with Crippen molar-refractivity contribution in [1.82, 2.24) is 0 Å². The van der Waals surface area contributed by atoms with Gasteiger partial charge in [0.15, 0.2) is 0 Å². The fraction of sp³-hybridized carbons (Fsp3) is 0.222. The third-order valence-corrected chi connectivity index (χ3v) is 3.39. The van der Waals surface area contributed by atoms with E-state index < -0.39 is 11.9 Å². The van der Waals surface area contributed by atoms with Crippen molar-refractivity contribution in [2.24, 2.45) is 0 Å². The lowest BCUT2D eigenvalue weighted by Gasteiger charge is -2.14. The number of anilines is 3. The summed E-state index contributed by atoms with van der Waals surface area (Å²) in [6.45, 7) is 3.82. The maximum atomic E-state index is 13.1. The number of amides is 2. The molecule has 0 radical (unpaired) electrons. The quantitative estimate of drug-likeness (QED) is 0.745. The van der Waals surface area contributed by atoms with Gasteiger partial charge in [0.2, 0.25) is 5.91 Å². The Morgan fingerprint density at radius 2 is 1.80 bits per heavy atom. The highest BCUT2D eigenvalue weighted by Crippen LogP contribution is 2.23. The zero-order valence-electron chi connectivity index (χ0n) is 14.1. The fourth-order valence-electron chi connectivity index (χ4n) is 2.19. The largest absolute Gasteiger partial charge is 0.450 e. The van der Waals surface area contributed by atoms with Crippen LogP contribution in [0.3, 0.4) is 0 Å². The lowest BCUT2D eigenvalue weighted by molar-refractivity contribution is -0.114. The zero-order valence-corrected chi connectivity index (χ0v) is 14.1. The van der Waals surface area contributed by atoms with Gasteiger partial charge in [0, 0.05) is 17.1 Å². The molecule has 0 aliphatic carbocycles. The molecule has 0 fully saturated rings. The summed E-state index contributed by atoms with van der Waals surface area (Å²) in [5, 5.41) is 8.24. The number of hydrogen-bond acceptors (Lipinski definition) is 4. The molecule has 0 heterocycles. The first kappa shape index (κ1) is 18.3. The van der Waals surface area contributed by atoms with E-state index in [4.69, 9.17) is 4.74 Å². The summed E-state index contributed by atoms with van der Waals surface area (Å²) in [5.41, 5.74) is 2.45. The van der Waals surface area contributed by atoms with E-state index in [-0.39, 0.29) is 19.1 Å². The third kappa shape index (κ3) is 5.49. The van der Waals surface area contributed by atoms with Gasteiger partial charge in [0.05, 0.1) is 13.2 Å². The Hall–Kier alpha value is -3.09. The van der Waals surface area contributed by atoms with Crippen LogP contribution in [0.25, 0.3) is 0 Å². The number of nitrogens with one attached hydrogen (secondary N) is 3.